The summed E-state index contributed by atoms with van der Waals surface area (Å²) in [5, 5.41) is 6.73. The van der Waals surface area contributed by atoms with E-state index in [2.05, 4.69) is 5.16 Å². The van der Waals surface area contributed by atoms with Gasteiger partial charge in [0.2, 0.25) is 5.91 Å². The Morgan fingerprint density at radius 3 is 2.52 bits per heavy atom. The van der Waals surface area contributed by atoms with Crippen LogP contribution in [0.4, 0.5) is 14.5 Å². The zero-order valence-electron chi connectivity index (χ0n) is 25.3. The topological polar surface area (TPSA) is 100 Å². The molecule has 4 heterocycles. The first-order chi connectivity index (χ1) is 22.2. The first-order valence-electron chi connectivity index (χ1n) is 14.8. The number of halogens is 2. The number of rotatable bonds is 7. The number of aryl methyl sites for hydroxylation is 2. The van der Waals surface area contributed by atoms with Crippen LogP contribution in [0.2, 0.25) is 0 Å². The molecule has 1 fully saturated rings. The fourth-order valence-electron chi connectivity index (χ4n) is 6.15. The fraction of sp³-hybridized carbons (Fsp3) is 0.235. The number of carbonyl (C=O) groups is 1. The Hall–Kier alpha value is -4.39. The minimum absolute atomic E-state index is 0.190. The highest BCUT2D eigenvalue weighted by Gasteiger charge is 2.35. The Bertz CT molecular complexity index is 2070. The Kier molecular flexibility index (Phi) is 7.95. The van der Waals surface area contributed by atoms with Crippen LogP contribution in [-0.2, 0) is 21.7 Å². The number of thiazole rings is 1. The van der Waals surface area contributed by atoms with Crippen LogP contribution in [0.1, 0.15) is 48.1 Å². The van der Waals surface area contributed by atoms with Crippen LogP contribution in [0.3, 0.4) is 0 Å². The molecule has 1 aliphatic rings. The maximum Gasteiger partial charge on any atom is 0.227 e. The lowest BCUT2D eigenvalue weighted by atomic mass is 9.99. The molecule has 12 heteroatoms. The molecule has 0 N–H and O–H groups in total. The Morgan fingerprint density at radius 1 is 1.02 bits per heavy atom. The Morgan fingerprint density at radius 2 is 1.80 bits per heavy atom. The molecular weight excluding hydrogens is 629 g/mol. The van der Waals surface area contributed by atoms with E-state index in [0.717, 1.165) is 51.3 Å². The highest BCUT2D eigenvalue weighted by atomic mass is 32.2. The molecule has 1 unspecified atom stereocenters. The van der Waals surface area contributed by atoms with Gasteiger partial charge in [0, 0.05) is 40.2 Å². The summed E-state index contributed by atoms with van der Waals surface area (Å²) in [4.78, 5) is 25.1. The predicted octanol–water partition coefficient (Wildman–Crippen LogP) is 7.84. The van der Waals surface area contributed by atoms with E-state index in [1.807, 2.05) is 66.3 Å². The van der Waals surface area contributed by atoms with Gasteiger partial charge in [-0.3, -0.25) is 9.36 Å². The summed E-state index contributed by atoms with van der Waals surface area (Å²) < 4.78 is 47.4. The van der Waals surface area contributed by atoms with Gasteiger partial charge in [0.05, 0.1) is 34.7 Å². The fourth-order valence-corrected chi connectivity index (χ4v) is 7.67. The van der Waals surface area contributed by atoms with E-state index in [1.54, 1.807) is 6.26 Å². The molecular formula is C34H29F2N5O3S2. The van der Waals surface area contributed by atoms with Crippen LogP contribution in [0.15, 0.2) is 70.6 Å². The number of hydrogen-bond acceptors (Lipinski definition) is 7. The van der Waals surface area contributed by atoms with E-state index >= 15 is 0 Å². The van der Waals surface area contributed by atoms with Crippen molar-refractivity contribution in [2.45, 2.75) is 44.9 Å². The lowest BCUT2D eigenvalue weighted by molar-refractivity contribution is -0.120. The number of piperidine rings is 1. The Labute approximate surface area is 270 Å². The minimum Gasteiger partial charge on any atom is -0.616 e. The molecule has 6 aromatic rings. The second-order valence-corrected chi connectivity index (χ2v) is 13.7. The van der Waals surface area contributed by atoms with Gasteiger partial charge in [-0.05, 0) is 56.5 Å². The number of anilines is 1. The van der Waals surface area contributed by atoms with Gasteiger partial charge in [-0.25, -0.2) is 18.7 Å². The van der Waals surface area contributed by atoms with Crippen LogP contribution < -0.4 is 4.90 Å². The SMILES string of the molecule is Cc1noc(C)c1-c1ccc2c(c1)nc([C@@H]1CCCC(=O)N1c1ccc(F)c(F)c1)n2-c1nc(-c2ccc(C[S+](C)[O-])cc2)cs1. The molecule has 1 amide bonds. The zero-order chi connectivity index (χ0) is 32.1. The number of fused-ring (bicyclic) bond motifs is 1. The largest absolute Gasteiger partial charge is 0.616 e. The van der Waals surface area contributed by atoms with Gasteiger partial charge < -0.3 is 14.0 Å². The van der Waals surface area contributed by atoms with Crippen LogP contribution in [0, 0.1) is 25.5 Å². The highest BCUT2D eigenvalue weighted by molar-refractivity contribution is 7.89. The summed E-state index contributed by atoms with van der Waals surface area (Å²) in [6.45, 7) is 3.75. The number of imidazole rings is 1. The zero-order valence-corrected chi connectivity index (χ0v) is 26.9. The standard InChI is InChI=1S/C34H29F2N5O3S2/c1-19-32(20(2)44-39-19)23-11-14-29-27(15-23)37-33(30-5-4-6-31(42)40(30)24-12-13-25(35)26(36)16-24)41(29)34-38-28(17-45-34)22-9-7-21(8-10-22)18-46(3)43/h7-17,30H,4-6,18H2,1-3H3/t30-,46?/m0/s1. The number of aromatic nitrogens is 4. The van der Waals surface area contributed by atoms with Gasteiger partial charge >= 0.3 is 0 Å². The predicted molar refractivity (Wildman–Crippen MR) is 175 cm³/mol. The van der Waals surface area contributed by atoms with Crippen molar-refractivity contribution >= 4 is 45.1 Å². The summed E-state index contributed by atoms with van der Waals surface area (Å²) in [5.41, 5.74) is 6.95. The van der Waals surface area contributed by atoms with Crippen molar-refractivity contribution in [1.29, 1.82) is 0 Å². The van der Waals surface area contributed by atoms with Gasteiger partial charge in [0.25, 0.3) is 0 Å². The van der Waals surface area contributed by atoms with Crippen LogP contribution in [-0.4, -0.2) is 36.4 Å². The van der Waals surface area contributed by atoms with Crippen molar-refractivity contribution < 1.29 is 22.7 Å². The third-order valence-corrected chi connectivity index (χ3v) is 9.80. The van der Waals surface area contributed by atoms with E-state index < -0.39 is 28.9 Å². The number of amides is 1. The van der Waals surface area contributed by atoms with Crippen molar-refractivity contribution in [1.82, 2.24) is 19.7 Å². The molecule has 1 aliphatic heterocycles. The summed E-state index contributed by atoms with van der Waals surface area (Å²) in [7, 11) is 0. The van der Waals surface area contributed by atoms with Crippen molar-refractivity contribution in [2.24, 2.45) is 0 Å². The smallest absolute Gasteiger partial charge is 0.227 e. The van der Waals surface area contributed by atoms with E-state index in [0.29, 0.717) is 40.8 Å². The minimum atomic E-state index is -1.02. The van der Waals surface area contributed by atoms with Crippen LogP contribution in [0.5, 0.6) is 0 Å². The number of carbonyl (C=O) groups excluding carboxylic acids is 1. The van der Waals surface area contributed by atoms with Gasteiger partial charge in [-0.2, -0.15) is 0 Å². The van der Waals surface area contributed by atoms with Crippen molar-refractivity contribution in [3.63, 3.8) is 0 Å². The third kappa shape index (κ3) is 5.50. The second-order valence-electron chi connectivity index (χ2n) is 11.4. The van der Waals surface area contributed by atoms with E-state index in [-0.39, 0.29) is 18.0 Å². The average Bonchev–Trinajstić information content (AvgIpc) is 3.75. The molecule has 1 saturated heterocycles. The average molecular weight is 658 g/mol. The van der Waals surface area contributed by atoms with Crippen molar-refractivity contribution in [2.75, 3.05) is 11.2 Å². The quantitative estimate of drug-likeness (QED) is 0.162. The maximum atomic E-state index is 14.4. The second kappa shape index (κ2) is 12.1. The molecule has 234 valence electrons. The molecule has 0 saturated carbocycles. The molecule has 0 aliphatic carbocycles. The van der Waals surface area contributed by atoms with Gasteiger partial charge in [0.1, 0.15) is 17.3 Å². The van der Waals surface area contributed by atoms with Gasteiger partial charge in [0.15, 0.2) is 16.8 Å². The molecule has 0 spiro atoms. The third-order valence-electron chi connectivity index (χ3n) is 8.23. The molecule has 3 aromatic carbocycles. The van der Waals surface area contributed by atoms with Gasteiger partial charge in [-0.15, -0.1) is 11.3 Å². The molecule has 8 nitrogen and oxygen atoms in total. The first-order valence-corrected chi connectivity index (χ1v) is 17.4. The van der Waals surface area contributed by atoms with E-state index in [1.165, 1.54) is 22.3 Å². The van der Waals surface area contributed by atoms with E-state index in [9.17, 15) is 18.1 Å². The van der Waals surface area contributed by atoms with Gasteiger partial charge in [-0.1, -0.05) is 46.7 Å². The highest BCUT2D eigenvalue weighted by Crippen LogP contribution is 2.40. The molecule has 7 rings (SSSR count). The molecule has 3 aromatic heterocycles. The first kappa shape index (κ1) is 30.3. The monoisotopic (exact) mass is 657 g/mol. The summed E-state index contributed by atoms with van der Waals surface area (Å²) >= 11 is 0.505. The molecule has 0 bridgehead atoms. The Balaban J connectivity index is 1.38. The summed E-state index contributed by atoms with van der Waals surface area (Å²) in [6, 6.07) is 16.8. The molecule has 0 radical (unpaired) electrons. The lowest BCUT2D eigenvalue weighted by Gasteiger charge is -2.35. The normalized spacial score (nSPS) is 16.0. The lowest BCUT2D eigenvalue weighted by Crippen LogP contribution is -2.39. The molecule has 2 atom stereocenters. The maximum absolute atomic E-state index is 14.4. The van der Waals surface area contributed by atoms with Crippen molar-refractivity contribution in [3.05, 3.63) is 101 Å². The number of nitrogens with zero attached hydrogens (tertiary/aromatic N) is 5. The number of benzene rings is 3. The van der Waals surface area contributed by atoms with Crippen molar-refractivity contribution in [3.8, 4) is 27.5 Å². The van der Waals surface area contributed by atoms with Crippen LogP contribution >= 0.6 is 11.3 Å². The van der Waals surface area contributed by atoms with Crippen LogP contribution in [0.25, 0.3) is 38.5 Å². The summed E-state index contributed by atoms with van der Waals surface area (Å²) in [6.07, 6.45) is 3.16. The summed E-state index contributed by atoms with van der Waals surface area (Å²) in [5.74, 6) is -0.435. The van der Waals surface area contributed by atoms with E-state index in [4.69, 9.17) is 14.5 Å². The number of hydrogen-bond donors (Lipinski definition) is 0. The molecule has 46 heavy (non-hydrogen) atoms.